The van der Waals surface area contributed by atoms with Gasteiger partial charge in [0.1, 0.15) is 5.60 Å². The van der Waals surface area contributed by atoms with Crippen LogP contribution in [0.2, 0.25) is 0 Å². The Hall–Kier alpha value is -0.620. The number of nitrogens with zero attached hydrogens (tertiary/aromatic N) is 1. The predicted molar refractivity (Wildman–Crippen MR) is 59.5 cm³/mol. The van der Waals surface area contributed by atoms with Crippen molar-refractivity contribution in [2.45, 2.75) is 26.4 Å². The van der Waals surface area contributed by atoms with E-state index in [0.717, 1.165) is 4.67 Å². The lowest BCUT2D eigenvalue weighted by Gasteiger charge is -2.28. The van der Waals surface area contributed by atoms with Crippen LogP contribution in [0.1, 0.15) is 20.8 Å². The smallest absolute Gasteiger partial charge is 0.440 e. The van der Waals surface area contributed by atoms with Crippen molar-refractivity contribution in [2.24, 2.45) is 0 Å². The summed E-state index contributed by atoms with van der Waals surface area (Å²) in [6, 6.07) is 0. The number of carbonyl (C=O) groups excluding carboxylic acids is 1. The van der Waals surface area contributed by atoms with Crippen molar-refractivity contribution in [1.29, 1.82) is 0 Å². The molecule has 100 valence electrons. The molecule has 8 heteroatoms. The molecule has 7 nitrogen and oxygen atoms in total. The minimum Gasteiger partial charge on any atom is -0.443 e. The zero-order chi connectivity index (χ0) is 13.1. The minimum absolute atomic E-state index is 0.155. The number of hydrogen-bond acceptors (Lipinski definition) is 6. The Labute approximate surface area is 100 Å². The first-order valence-electron chi connectivity index (χ1n) is 5.29. The fraction of sp³-hybridized carbons (Fsp3) is 0.889. The Morgan fingerprint density at radius 2 is 1.94 bits per heavy atom. The number of hydrogen-bond donors (Lipinski definition) is 1. The summed E-state index contributed by atoms with van der Waals surface area (Å²) in [5.41, 5.74) is -0.719. The van der Waals surface area contributed by atoms with Gasteiger partial charge in [0.05, 0.1) is 26.4 Å². The van der Waals surface area contributed by atoms with Crippen LogP contribution in [0.3, 0.4) is 0 Å². The molecule has 17 heavy (non-hydrogen) atoms. The Morgan fingerprint density at radius 3 is 2.35 bits per heavy atom. The second-order valence-electron chi connectivity index (χ2n) is 4.46. The van der Waals surface area contributed by atoms with Gasteiger partial charge in [0.25, 0.3) is 0 Å². The summed E-state index contributed by atoms with van der Waals surface area (Å²) in [7, 11) is -3.64. The highest BCUT2D eigenvalue weighted by molar-refractivity contribution is 7.52. The molecule has 0 unspecified atom stereocenters. The van der Waals surface area contributed by atoms with Crippen LogP contribution in [-0.4, -0.2) is 47.8 Å². The highest BCUT2D eigenvalue weighted by Gasteiger charge is 2.42. The van der Waals surface area contributed by atoms with Crippen LogP contribution in [0.15, 0.2) is 0 Å². The summed E-state index contributed by atoms with van der Waals surface area (Å²) in [6.07, 6.45) is -0.822. The maximum absolute atomic E-state index is 12.1. The van der Waals surface area contributed by atoms with Gasteiger partial charge in [-0.15, -0.1) is 0 Å². The van der Waals surface area contributed by atoms with Crippen molar-refractivity contribution in [3.63, 3.8) is 0 Å². The fourth-order valence-electron chi connectivity index (χ4n) is 1.21. The number of rotatable bonds is 3. The average molecular weight is 267 g/mol. The third kappa shape index (κ3) is 3.96. The molecule has 1 fully saturated rings. The highest BCUT2D eigenvalue weighted by atomic mass is 31.2. The van der Waals surface area contributed by atoms with Gasteiger partial charge in [-0.3, -0.25) is 9.05 Å². The second-order valence-corrected chi connectivity index (χ2v) is 6.40. The van der Waals surface area contributed by atoms with Crippen molar-refractivity contribution in [3.8, 4) is 0 Å². The third-order valence-corrected chi connectivity index (χ3v) is 3.78. The maximum Gasteiger partial charge on any atom is 0.440 e. The summed E-state index contributed by atoms with van der Waals surface area (Å²) in [6.45, 7) is 4.86. The number of amides is 1. The SMILES string of the molecule is CC(C)(C)OC(=O)N(CCO)P1(=O)OCCO1. The van der Waals surface area contributed by atoms with Gasteiger partial charge in [-0.25, -0.2) is 14.0 Å². The van der Waals surface area contributed by atoms with Gasteiger partial charge in [-0.1, -0.05) is 0 Å². The van der Waals surface area contributed by atoms with Crippen LogP contribution in [0.25, 0.3) is 0 Å². The van der Waals surface area contributed by atoms with Crippen molar-refractivity contribution in [3.05, 3.63) is 0 Å². The molecular weight excluding hydrogens is 249 g/mol. The van der Waals surface area contributed by atoms with Crippen molar-refractivity contribution in [1.82, 2.24) is 4.67 Å². The fourth-order valence-corrected chi connectivity index (χ4v) is 2.74. The van der Waals surface area contributed by atoms with Crippen LogP contribution >= 0.6 is 7.75 Å². The van der Waals surface area contributed by atoms with Crippen LogP contribution < -0.4 is 0 Å². The molecule has 1 heterocycles. The molecule has 0 bridgehead atoms. The Morgan fingerprint density at radius 1 is 1.41 bits per heavy atom. The molecule has 0 saturated carbocycles. The first kappa shape index (κ1) is 14.4. The normalized spacial score (nSPS) is 19.1. The van der Waals surface area contributed by atoms with E-state index >= 15 is 0 Å². The molecule has 0 spiro atoms. The molecule has 0 aliphatic carbocycles. The zero-order valence-electron chi connectivity index (χ0n) is 10.2. The molecule has 0 aromatic rings. The van der Waals surface area contributed by atoms with Gasteiger partial charge in [0, 0.05) is 0 Å². The minimum atomic E-state index is -3.64. The van der Waals surface area contributed by atoms with Gasteiger partial charge < -0.3 is 9.84 Å². The van der Waals surface area contributed by atoms with Gasteiger partial charge in [0.2, 0.25) is 0 Å². The lowest BCUT2D eigenvalue weighted by molar-refractivity contribution is 0.0326. The standard InChI is InChI=1S/C9H18NO6P/c1-9(2,3)16-8(12)10(4-5-11)17(13)14-6-7-15-17/h11H,4-7H2,1-3H3. The molecular formula is C9H18NO6P. The van der Waals surface area contributed by atoms with E-state index in [4.69, 9.17) is 18.9 Å². The van der Waals surface area contributed by atoms with Gasteiger partial charge in [-0.2, -0.15) is 0 Å². The lowest BCUT2D eigenvalue weighted by Crippen LogP contribution is -2.36. The summed E-state index contributed by atoms with van der Waals surface area (Å²) in [5.74, 6) is 0. The van der Waals surface area contributed by atoms with Crippen LogP contribution in [0, 0.1) is 0 Å². The monoisotopic (exact) mass is 267 g/mol. The zero-order valence-corrected chi connectivity index (χ0v) is 11.1. The summed E-state index contributed by atoms with van der Waals surface area (Å²) >= 11 is 0. The highest BCUT2D eigenvalue weighted by Crippen LogP contribution is 2.55. The largest absolute Gasteiger partial charge is 0.443 e. The van der Waals surface area contributed by atoms with Crippen LogP contribution in [0.4, 0.5) is 4.79 Å². The summed E-state index contributed by atoms with van der Waals surface area (Å²) in [5, 5.41) is 8.88. The average Bonchev–Trinajstić information content (AvgIpc) is 2.59. The van der Waals surface area contributed by atoms with E-state index in [9.17, 15) is 9.36 Å². The Bertz CT molecular complexity index is 316. The molecule has 0 radical (unpaired) electrons. The first-order valence-corrected chi connectivity index (χ1v) is 6.79. The molecule has 0 atom stereocenters. The van der Waals surface area contributed by atoms with Crippen LogP contribution in [-0.2, 0) is 18.3 Å². The van der Waals surface area contributed by atoms with Crippen molar-refractivity contribution in [2.75, 3.05) is 26.4 Å². The topological polar surface area (TPSA) is 85.3 Å². The number of aliphatic hydroxyl groups excluding tert-OH is 1. The molecule has 1 saturated heterocycles. The van der Waals surface area contributed by atoms with Gasteiger partial charge in [0.15, 0.2) is 0 Å². The first-order chi connectivity index (χ1) is 7.78. The Kier molecular flexibility index (Phi) is 4.55. The third-order valence-electron chi connectivity index (χ3n) is 1.80. The summed E-state index contributed by atoms with van der Waals surface area (Å²) < 4.78 is 27.9. The lowest BCUT2D eigenvalue weighted by atomic mass is 10.2. The van der Waals surface area contributed by atoms with Crippen LogP contribution in [0.5, 0.6) is 0 Å². The van der Waals surface area contributed by atoms with E-state index in [2.05, 4.69) is 0 Å². The van der Waals surface area contributed by atoms with E-state index in [-0.39, 0.29) is 26.4 Å². The maximum atomic E-state index is 12.1. The molecule has 1 aliphatic rings. The van der Waals surface area contributed by atoms with Crippen molar-refractivity contribution < 1.29 is 28.3 Å². The van der Waals surface area contributed by atoms with Gasteiger partial charge >= 0.3 is 13.8 Å². The van der Waals surface area contributed by atoms with E-state index < -0.39 is 19.4 Å². The quantitative estimate of drug-likeness (QED) is 0.777. The number of aliphatic hydroxyl groups is 1. The molecule has 1 N–H and O–H groups in total. The van der Waals surface area contributed by atoms with E-state index in [1.807, 2.05) is 0 Å². The molecule has 1 amide bonds. The van der Waals surface area contributed by atoms with E-state index in [1.54, 1.807) is 20.8 Å². The molecule has 0 aromatic heterocycles. The summed E-state index contributed by atoms with van der Waals surface area (Å²) in [4.78, 5) is 11.8. The number of carbonyl (C=O) groups is 1. The predicted octanol–water partition coefficient (Wildman–Crippen LogP) is 1.37. The van der Waals surface area contributed by atoms with Gasteiger partial charge in [-0.05, 0) is 20.8 Å². The Balaban J connectivity index is 2.78. The second kappa shape index (κ2) is 5.35. The van der Waals surface area contributed by atoms with E-state index in [1.165, 1.54) is 0 Å². The molecule has 1 aliphatic heterocycles. The van der Waals surface area contributed by atoms with Crippen molar-refractivity contribution >= 4 is 13.8 Å². The molecule has 1 rings (SSSR count). The molecule has 0 aromatic carbocycles. The number of ether oxygens (including phenoxy) is 1. The van der Waals surface area contributed by atoms with E-state index in [0.29, 0.717) is 0 Å².